The lowest BCUT2D eigenvalue weighted by Crippen LogP contribution is -2.45. The van der Waals surface area contributed by atoms with Gasteiger partial charge in [0.25, 0.3) is 0 Å². The van der Waals surface area contributed by atoms with Crippen molar-refractivity contribution in [1.82, 2.24) is 0 Å². The first kappa shape index (κ1) is 9.52. The third-order valence-corrected chi connectivity index (χ3v) is 5.29. The van der Waals surface area contributed by atoms with Gasteiger partial charge in [0.05, 0.1) is 5.48 Å². The molecule has 0 fully saturated rings. The van der Waals surface area contributed by atoms with Gasteiger partial charge in [0.2, 0.25) is 0 Å². The molecule has 1 atom stereocenters. The first-order valence-electron chi connectivity index (χ1n) is 15.9. The third-order valence-electron chi connectivity index (χ3n) is 5.29. The normalized spacial score (nSPS) is 25.4. The second-order valence-corrected chi connectivity index (χ2v) is 7.77. The molecule has 3 rings (SSSR count). The molecule has 2 aromatic carbocycles. The minimum Gasteiger partial charge on any atom is -0.322 e. The Morgan fingerprint density at radius 2 is 1.14 bits per heavy atom. The largest absolute Gasteiger partial charge is 0.322 e. The molecule has 2 aromatic rings. The van der Waals surface area contributed by atoms with Crippen LogP contribution in [0.25, 0.3) is 0 Å². The average Bonchev–Trinajstić information content (AvgIpc) is 3.04. The van der Waals surface area contributed by atoms with Crippen LogP contribution in [-0.4, -0.2) is 6.17 Å². The van der Waals surface area contributed by atoms with E-state index in [0.717, 1.165) is 0 Å². The summed E-state index contributed by atoms with van der Waals surface area (Å²) in [7, 11) is 0. The van der Waals surface area contributed by atoms with Gasteiger partial charge < -0.3 is 9.80 Å². The number of benzene rings is 2. The van der Waals surface area contributed by atoms with E-state index in [-0.39, 0.29) is 34.8 Å². The number of hydrogen-bond acceptors (Lipinski definition) is 2. The van der Waals surface area contributed by atoms with Gasteiger partial charge in [-0.05, 0) is 83.3 Å². The Morgan fingerprint density at radius 1 is 0.714 bits per heavy atom. The first-order chi connectivity index (χ1) is 18.4. The minimum absolute atomic E-state index is 0.0499. The van der Waals surface area contributed by atoms with E-state index < -0.39 is 49.9 Å². The molecule has 28 heavy (non-hydrogen) atoms. The summed E-state index contributed by atoms with van der Waals surface area (Å²) in [5, 5.41) is 0. The first-order valence-corrected chi connectivity index (χ1v) is 9.40. The molecule has 0 amide bonds. The molecule has 1 aliphatic rings. The van der Waals surface area contributed by atoms with Crippen LogP contribution in [0.4, 0.5) is 11.4 Å². The van der Waals surface area contributed by atoms with E-state index in [1.807, 2.05) is 13.8 Å². The fourth-order valence-corrected chi connectivity index (χ4v) is 4.11. The van der Waals surface area contributed by atoms with Gasteiger partial charge in [0.15, 0.2) is 0 Å². The maximum atomic E-state index is 8.69. The van der Waals surface area contributed by atoms with Crippen LogP contribution in [0.2, 0.25) is 0 Å². The lowest BCUT2D eigenvalue weighted by atomic mass is 9.99. The predicted molar refractivity (Wildman–Crippen MR) is 123 cm³/mol. The van der Waals surface area contributed by atoms with Gasteiger partial charge in [-0.25, -0.2) is 0 Å². The van der Waals surface area contributed by atoms with E-state index in [1.54, 1.807) is 37.5 Å². The Bertz CT molecular complexity index is 1360. The summed E-state index contributed by atoms with van der Waals surface area (Å²) >= 11 is 0. The Labute approximate surface area is 190 Å². The van der Waals surface area contributed by atoms with Crippen molar-refractivity contribution < 1.29 is 17.8 Å². The molecule has 1 heterocycles. The van der Waals surface area contributed by atoms with Crippen LogP contribution in [0.5, 0.6) is 0 Å². The molecule has 0 N–H and O–H groups in total. The molecule has 1 unspecified atom stereocenters. The van der Waals surface area contributed by atoms with Crippen LogP contribution in [0, 0.1) is 47.2 Å². The van der Waals surface area contributed by atoms with Gasteiger partial charge in [0, 0.05) is 35.1 Å². The van der Waals surface area contributed by atoms with Gasteiger partial charge in [-0.15, -0.1) is 0 Å². The van der Waals surface area contributed by atoms with Crippen LogP contribution < -0.4 is 9.80 Å². The summed E-state index contributed by atoms with van der Waals surface area (Å²) in [5.41, 5.74) is 0.474. The van der Waals surface area contributed by atoms with Crippen molar-refractivity contribution >= 4 is 11.4 Å². The second kappa shape index (κ2) is 7.31. The fraction of sp³-hybridized carbons (Fsp3) is 0.462. The van der Waals surface area contributed by atoms with E-state index in [2.05, 4.69) is 0 Å². The highest BCUT2D eigenvalue weighted by Crippen LogP contribution is 2.44. The number of anilines is 2. The lowest BCUT2D eigenvalue weighted by Gasteiger charge is -2.40. The Morgan fingerprint density at radius 3 is 1.54 bits per heavy atom. The molecule has 0 aromatic heterocycles. The SMILES string of the molecule is [2H]c1c(C)c(N2C(C)=C(C)N(c3c(C([2H])([2H])[2H])c([2H])c(C)c([2H])c3C([2H])([2H])[2H])C2C(C)C)c(C)c([2H])c1C([2H])([2H])[2H]. The van der Waals surface area contributed by atoms with Crippen LogP contribution >= 0.6 is 0 Å². The summed E-state index contributed by atoms with van der Waals surface area (Å²) in [6.45, 7) is 3.24. The summed E-state index contributed by atoms with van der Waals surface area (Å²) < 4.78 is 108. The summed E-state index contributed by atoms with van der Waals surface area (Å²) in [6, 6.07) is -1.46. The van der Waals surface area contributed by atoms with Crippen molar-refractivity contribution in [3.8, 4) is 0 Å². The molecule has 2 nitrogen and oxygen atoms in total. The molecule has 0 aliphatic carbocycles. The summed E-state index contributed by atoms with van der Waals surface area (Å²) in [4.78, 5) is 3.35. The molecule has 0 radical (unpaired) electrons. The quantitative estimate of drug-likeness (QED) is 0.552. The van der Waals surface area contributed by atoms with Crippen molar-refractivity contribution in [3.63, 3.8) is 0 Å². The number of nitrogens with zero attached hydrogens (tertiary/aromatic N) is 2. The van der Waals surface area contributed by atoms with Gasteiger partial charge in [-0.3, -0.25) is 0 Å². The van der Waals surface area contributed by atoms with E-state index in [0.29, 0.717) is 28.2 Å². The number of hydrogen-bond donors (Lipinski definition) is 0. The smallest absolute Gasteiger partial charge is 0.113 e. The van der Waals surface area contributed by atoms with Crippen molar-refractivity contribution in [2.75, 3.05) is 9.80 Å². The van der Waals surface area contributed by atoms with Gasteiger partial charge in [0.1, 0.15) is 6.17 Å². The highest BCUT2D eigenvalue weighted by Gasteiger charge is 2.40. The van der Waals surface area contributed by atoms with Crippen LogP contribution in [0.15, 0.2) is 35.6 Å². The highest BCUT2D eigenvalue weighted by atomic mass is 15.4. The minimum atomic E-state index is -2.89. The van der Waals surface area contributed by atoms with E-state index >= 15 is 0 Å². The monoisotopic (exact) mass is 389 g/mol. The molecular weight excluding hydrogens is 340 g/mol. The van der Waals surface area contributed by atoms with Crippen molar-refractivity contribution in [2.24, 2.45) is 5.92 Å². The van der Waals surface area contributed by atoms with Crippen LogP contribution in [0.3, 0.4) is 0 Å². The zero-order chi connectivity index (χ0) is 31.9. The molecule has 0 saturated carbocycles. The topological polar surface area (TPSA) is 6.48 Å². The predicted octanol–water partition coefficient (Wildman–Crippen LogP) is 7.10. The van der Waals surface area contributed by atoms with E-state index in [4.69, 9.17) is 17.8 Å². The van der Waals surface area contributed by atoms with Crippen LogP contribution in [0.1, 0.15) is 78.9 Å². The van der Waals surface area contributed by atoms with Crippen molar-refractivity contribution in [2.45, 2.75) is 75.2 Å². The standard InChI is InChI=1S/C26H36N2/c1-15(2)26-27(24-18(5)11-16(3)12-19(24)6)22(9)23(10)28(26)25-20(7)13-17(4)14-21(25)8/h11-15,26H,1-10H3/i3D3,7D3,8D3,11D,12D,13D,14D. The molecular formula is C26H36N2. The van der Waals surface area contributed by atoms with Crippen molar-refractivity contribution in [3.05, 3.63) is 68.9 Å². The Kier molecular flexibility index (Phi) is 2.49. The molecule has 0 spiro atoms. The summed E-state index contributed by atoms with van der Waals surface area (Å²) in [5.74, 6) is -0.314. The van der Waals surface area contributed by atoms with Crippen molar-refractivity contribution in [1.29, 1.82) is 0 Å². The Hall–Kier alpha value is -2.22. The fourth-order valence-electron chi connectivity index (χ4n) is 4.11. The Balaban J connectivity index is 2.54. The third kappa shape index (κ3) is 3.23. The zero-order valence-electron chi connectivity index (χ0n) is 30.5. The zero-order valence-corrected chi connectivity index (χ0v) is 17.5. The van der Waals surface area contributed by atoms with Gasteiger partial charge in [-0.2, -0.15) is 0 Å². The number of rotatable bonds is 3. The molecule has 1 aliphatic heterocycles. The second-order valence-electron chi connectivity index (χ2n) is 7.77. The average molecular weight is 390 g/mol. The number of allylic oxidation sites excluding steroid dienone is 2. The maximum absolute atomic E-state index is 8.69. The molecule has 0 bridgehead atoms. The van der Waals surface area contributed by atoms with E-state index in [1.165, 1.54) is 6.92 Å². The molecule has 2 heteroatoms. The lowest BCUT2D eigenvalue weighted by molar-refractivity contribution is 0.491. The van der Waals surface area contributed by atoms with E-state index in [9.17, 15) is 0 Å². The van der Waals surface area contributed by atoms with Crippen LogP contribution in [-0.2, 0) is 0 Å². The van der Waals surface area contributed by atoms with Gasteiger partial charge >= 0.3 is 0 Å². The molecule has 150 valence electrons. The maximum Gasteiger partial charge on any atom is 0.113 e. The highest BCUT2D eigenvalue weighted by molar-refractivity contribution is 5.74. The summed E-state index contributed by atoms with van der Waals surface area (Å²) in [6.07, 6.45) is -0.784. The molecule has 0 saturated heterocycles. The van der Waals surface area contributed by atoms with Gasteiger partial charge in [-0.1, -0.05) is 49.1 Å².